The number of nitrogens with one attached hydrogen (secondary N) is 1. The third-order valence-corrected chi connectivity index (χ3v) is 4.77. The standard InChI is InChI=1S/C20H33NO3/c1-5-16(2)19-6-8-20(9-7-19)23-13-12-22-11-10-21-14-17(3)24-18(4)15-21/h6-9,16-18H,5,10-15H2,1-4H3/p+1/t16-,17+,18+/m0/s1. The van der Waals surface area contributed by atoms with Crippen LogP contribution >= 0.6 is 0 Å². The van der Waals surface area contributed by atoms with Gasteiger partial charge < -0.3 is 19.1 Å². The van der Waals surface area contributed by atoms with Gasteiger partial charge in [-0.25, -0.2) is 0 Å². The van der Waals surface area contributed by atoms with E-state index in [1.165, 1.54) is 5.56 Å². The highest BCUT2D eigenvalue weighted by atomic mass is 16.5. The zero-order valence-corrected chi connectivity index (χ0v) is 15.7. The molecular formula is C20H34NO3+. The molecule has 1 heterocycles. The van der Waals surface area contributed by atoms with Gasteiger partial charge in [0.15, 0.2) is 0 Å². The average Bonchev–Trinajstić information content (AvgIpc) is 2.57. The quantitative estimate of drug-likeness (QED) is 0.702. The van der Waals surface area contributed by atoms with Crippen LogP contribution in [0, 0.1) is 0 Å². The summed E-state index contributed by atoms with van der Waals surface area (Å²) >= 11 is 0. The third-order valence-electron chi connectivity index (χ3n) is 4.77. The third kappa shape index (κ3) is 6.42. The van der Waals surface area contributed by atoms with E-state index in [0.29, 0.717) is 31.3 Å². The molecule has 0 radical (unpaired) electrons. The molecule has 0 saturated carbocycles. The first-order valence-electron chi connectivity index (χ1n) is 9.38. The van der Waals surface area contributed by atoms with Gasteiger partial charge in [-0.2, -0.15) is 0 Å². The Labute approximate surface area is 147 Å². The molecule has 1 fully saturated rings. The molecule has 1 aromatic rings. The number of quaternary nitrogens is 1. The molecule has 0 spiro atoms. The molecule has 2 rings (SSSR count). The lowest BCUT2D eigenvalue weighted by Crippen LogP contribution is -3.15. The first kappa shape index (κ1) is 19.2. The Morgan fingerprint density at radius 1 is 1.08 bits per heavy atom. The highest BCUT2D eigenvalue weighted by molar-refractivity contribution is 5.29. The molecule has 1 aromatic carbocycles. The topological polar surface area (TPSA) is 32.1 Å². The van der Waals surface area contributed by atoms with Gasteiger partial charge in [-0.1, -0.05) is 26.0 Å². The molecule has 1 saturated heterocycles. The SMILES string of the molecule is CC[C@H](C)c1ccc(OCCOCC[NH+]2C[C@@H](C)O[C@H](C)C2)cc1. The average molecular weight is 336 g/mol. The van der Waals surface area contributed by atoms with Crippen molar-refractivity contribution in [3.63, 3.8) is 0 Å². The van der Waals surface area contributed by atoms with Gasteiger partial charge in [0, 0.05) is 0 Å². The maximum Gasteiger partial charge on any atom is 0.119 e. The number of benzene rings is 1. The van der Waals surface area contributed by atoms with Crippen LogP contribution in [0.25, 0.3) is 0 Å². The zero-order valence-electron chi connectivity index (χ0n) is 15.7. The van der Waals surface area contributed by atoms with Gasteiger partial charge in [0.05, 0.1) is 13.2 Å². The van der Waals surface area contributed by atoms with E-state index >= 15 is 0 Å². The summed E-state index contributed by atoms with van der Waals surface area (Å²) in [7, 11) is 0. The summed E-state index contributed by atoms with van der Waals surface area (Å²) in [6.07, 6.45) is 1.87. The fourth-order valence-corrected chi connectivity index (χ4v) is 3.26. The van der Waals surface area contributed by atoms with Crippen LogP contribution in [-0.4, -0.2) is 51.7 Å². The summed E-state index contributed by atoms with van der Waals surface area (Å²) in [6, 6.07) is 8.44. The van der Waals surface area contributed by atoms with Crippen molar-refractivity contribution in [2.45, 2.75) is 52.2 Å². The largest absolute Gasteiger partial charge is 0.491 e. The van der Waals surface area contributed by atoms with E-state index in [1.54, 1.807) is 4.90 Å². The van der Waals surface area contributed by atoms with Crippen molar-refractivity contribution >= 4 is 0 Å². The van der Waals surface area contributed by atoms with Crippen molar-refractivity contribution in [1.29, 1.82) is 0 Å². The fourth-order valence-electron chi connectivity index (χ4n) is 3.26. The van der Waals surface area contributed by atoms with Crippen molar-refractivity contribution in [1.82, 2.24) is 0 Å². The second-order valence-electron chi connectivity index (χ2n) is 7.00. The number of morpholine rings is 1. The minimum Gasteiger partial charge on any atom is -0.491 e. The minimum absolute atomic E-state index is 0.352. The van der Waals surface area contributed by atoms with Gasteiger partial charge in [-0.15, -0.1) is 0 Å². The summed E-state index contributed by atoms with van der Waals surface area (Å²) < 4.78 is 17.2. The van der Waals surface area contributed by atoms with Crippen LogP contribution in [0.1, 0.15) is 45.6 Å². The van der Waals surface area contributed by atoms with E-state index in [4.69, 9.17) is 14.2 Å². The summed E-state index contributed by atoms with van der Waals surface area (Å²) in [6.45, 7) is 14.0. The number of hydrogen-bond donors (Lipinski definition) is 1. The minimum atomic E-state index is 0.352. The molecule has 24 heavy (non-hydrogen) atoms. The Bertz CT molecular complexity index is 452. The second-order valence-corrected chi connectivity index (χ2v) is 7.00. The molecule has 0 bridgehead atoms. The molecule has 1 aliphatic heterocycles. The number of hydrogen-bond acceptors (Lipinski definition) is 3. The molecular weight excluding hydrogens is 302 g/mol. The molecule has 136 valence electrons. The van der Waals surface area contributed by atoms with Crippen molar-refractivity contribution < 1.29 is 19.1 Å². The maximum absolute atomic E-state index is 5.76. The fraction of sp³-hybridized carbons (Fsp3) is 0.700. The van der Waals surface area contributed by atoms with E-state index in [0.717, 1.165) is 38.4 Å². The first-order valence-corrected chi connectivity index (χ1v) is 9.38. The number of rotatable bonds is 9. The van der Waals surface area contributed by atoms with Crippen LogP contribution in [0.15, 0.2) is 24.3 Å². The van der Waals surface area contributed by atoms with Gasteiger partial charge in [0.25, 0.3) is 0 Å². The summed E-state index contributed by atoms with van der Waals surface area (Å²) in [4.78, 5) is 1.57. The van der Waals surface area contributed by atoms with Gasteiger partial charge in [0.2, 0.25) is 0 Å². The van der Waals surface area contributed by atoms with Gasteiger partial charge in [-0.3, -0.25) is 0 Å². The van der Waals surface area contributed by atoms with E-state index in [1.807, 2.05) is 0 Å². The second kappa shape index (κ2) is 10.0. The lowest BCUT2D eigenvalue weighted by molar-refractivity contribution is -0.915. The first-order chi connectivity index (χ1) is 11.6. The lowest BCUT2D eigenvalue weighted by atomic mass is 9.99. The molecule has 1 aliphatic rings. The lowest BCUT2D eigenvalue weighted by Gasteiger charge is -2.32. The van der Waals surface area contributed by atoms with Crippen LogP contribution in [-0.2, 0) is 9.47 Å². The van der Waals surface area contributed by atoms with Crippen LogP contribution in [0.5, 0.6) is 5.75 Å². The number of ether oxygens (including phenoxy) is 3. The molecule has 0 aromatic heterocycles. The summed E-state index contributed by atoms with van der Waals surface area (Å²) in [5, 5.41) is 0. The molecule has 4 nitrogen and oxygen atoms in total. The van der Waals surface area contributed by atoms with Gasteiger partial charge >= 0.3 is 0 Å². The Balaban J connectivity index is 1.56. The predicted molar refractivity (Wildman–Crippen MR) is 97.0 cm³/mol. The van der Waals surface area contributed by atoms with Gasteiger partial charge in [-0.05, 0) is 43.9 Å². The molecule has 1 N–H and O–H groups in total. The van der Waals surface area contributed by atoms with Crippen LogP contribution < -0.4 is 9.64 Å². The van der Waals surface area contributed by atoms with Crippen molar-refractivity contribution in [2.75, 3.05) is 39.5 Å². The van der Waals surface area contributed by atoms with Crippen LogP contribution in [0.4, 0.5) is 0 Å². The van der Waals surface area contributed by atoms with Crippen molar-refractivity contribution in [3.8, 4) is 5.75 Å². The monoisotopic (exact) mass is 336 g/mol. The van der Waals surface area contributed by atoms with Crippen LogP contribution in [0.3, 0.4) is 0 Å². The zero-order chi connectivity index (χ0) is 17.4. The molecule has 0 aliphatic carbocycles. The molecule has 0 unspecified atom stereocenters. The Kier molecular flexibility index (Phi) is 8.03. The van der Waals surface area contributed by atoms with E-state index in [-0.39, 0.29) is 0 Å². The molecule has 3 atom stereocenters. The van der Waals surface area contributed by atoms with E-state index in [9.17, 15) is 0 Å². The van der Waals surface area contributed by atoms with E-state index in [2.05, 4.69) is 52.0 Å². The normalized spacial score (nSPS) is 25.4. The molecule has 4 heteroatoms. The Morgan fingerprint density at radius 3 is 2.38 bits per heavy atom. The summed E-state index contributed by atoms with van der Waals surface area (Å²) in [5.41, 5.74) is 1.37. The smallest absolute Gasteiger partial charge is 0.119 e. The highest BCUT2D eigenvalue weighted by Gasteiger charge is 2.24. The Morgan fingerprint density at radius 2 is 1.75 bits per heavy atom. The summed E-state index contributed by atoms with van der Waals surface area (Å²) in [5.74, 6) is 1.53. The predicted octanol–water partition coefficient (Wildman–Crippen LogP) is 2.29. The maximum atomic E-state index is 5.76. The van der Waals surface area contributed by atoms with E-state index < -0.39 is 0 Å². The van der Waals surface area contributed by atoms with Crippen LogP contribution in [0.2, 0.25) is 0 Å². The van der Waals surface area contributed by atoms with Gasteiger partial charge in [0.1, 0.15) is 44.2 Å². The van der Waals surface area contributed by atoms with Crippen molar-refractivity contribution in [3.05, 3.63) is 29.8 Å². The highest BCUT2D eigenvalue weighted by Crippen LogP contribution is 2.21. The molecule has 0 amide bonds. The Hall–Kier alpha value is -1.10. The van der Waals surface area contributed by atoms with Crippen molar-refractivity contribution in [2.24, 2.45) is 0 Å².